The molecule has 3 N–H and O–H groups in total. The number of carboxylic acid groups (broad SMARTS) is 1. The standard InChI is InChI=1S/C21H19N3O5/c22-23-11-13(25)9-10-19(20(26)27)24-21(28)29-12-18-16-7-3-1-5-14(16)15-6-2-4-8-17(15)18/h1-8,11,18-19,22H,9-10,12H2,(H-,24,26,27,28)/p+1/t19-/m0/s1. The normalized spacial score (nSPS) is 12.8. The number of carbonyl (C=O) groups is 3. The first-order valence-corrected chi connectivity index (χ1v) is 9.08. The Morgan fingerprint density at radius 3 is 2.24 bits per heavy atom. The van der Waals surface area contributed by atoms with Crippen LogP contribution in [0.4, 0.5) is 4.79 Å². The summed E-state index contributed by atoms with van der Waals surface area (Å²) in [6.45, 7) is 0.0661. The van der Waals surface area contributed by atoms with Gasteiger partial charge in [-0.2, -0.15) is 0 Å². The van der Waals surface area contributed by atoms with E-state index in [4.69, 9.17) is 10.3 Å². The van der Waals surface area contributed by atoms with Gasteiger partial charge in [0.2, 0.25) is 5.78 Å². The van der Waals surface area contributed by atoms with Crippen LogP contribution in [0.1, 0.15) is 29.9 Å². The maximum atomic E-state index is 12.2. The van der Waals surface area contributed by atoms with Gasteiger partial charge in [-0.1, -0.05) is 48.5 Å². The zero-order valence-electron chi connectivity index (χ0n) is 15.5. The number of carbonyl (C=O) groups excluding carboxylic acids is 2. The van der Waals surface area contributed by atoms with Crippen molar-refractivity contribution in [2.24, 2.45) is 0 Å². The number of hydrogen-bond donors (Lipinski definition) is 3. The Labute approximate surface area is 166 Å². The lowest BCUT2D eigenvalue weighted by Crippen LogP contribution is -2.41. The molecule has 0 heterocycles. The van der Waals surface area contributed by atoms with Gasteiger partial charge >= 0.3 is 18.3 Å². The lowest BCUT2D eigenvalue weighted by Gasteiger charge is -2.17. The lowest BCUT2D eigenvalue weighted by atomic mass is 9.98. The second-order valence-corrected chi connectivity index (χ2v) is 6.62. The summed E-state index contributed by atoms with van der Waals surface area (Å²) in [5.41, 5.74) is 10.9. The molecule has 0 spiro atoms. The summed E-state index contributed by atoms with van der Waals surface area (Å²) >= 11 is 0. The first kappa shape index (κ1) is 20.0. The predicted molar refractivity (Wildman–Crippen MR) is 103 cm³/mol. The highest BCUT2D eigenvalue weighted by Crippen LogP contribution is 2.44. The maximum absolute atomic E-state index is 12.2. The minimum absolute atomic E-state index is 0.0661. The number of aliphatic carboxylic acids is 1. The van der Waals surface area contributed by atoms with E-state index in [0.717, 1.165) is 28.5 Å². The Kier molecular flexibility index (Phi) is 6.16. The highest BCUT2D eigenvalue weighted by atomic mass is 16.5. The fourth-order valence-corrected chi connectivity index (χ4v) is 3.46. The summed E-state index contributed by atoms with van der Waals surface area (Å²) in [6, 6.07) is 14.5. The SMILES string of the molecule is N=[N+]=CC(=O)CC[C@H](NC(=O)OCC1c2ccccc2-c2ccccc21)C(=O)O. The van der Waals surface area contributed by atoms with E-state index in [1.165, 1.54) is 0 Å². The van der Waals surface area contributed by atoms with E-state index in [9.17, 15) is 19.5 Å². The van der Waals surface area contributed by atoms with Crippen LogP contribution in [0, 0.1) is 5.53 Å². The Bertz CT molecular complexity index is 952. The van der Waals surface area contributed by atoms with Crippen molar-refractivity contribution in [1.82, 2.24) is 5.32 Å². The van der Waals surface area contributed by atoms with Gasteiger partial charge in [-0.25, -0.2) is 9.59 Å². The third-order valence-electron chi connectivity index (χ3n) is 4.82. The second kappa shape index (κ2) is 8.95. The molecule has 0 unspecified atom stereocenters. The first-order chi connectivity index (χ1) is 14.0. The molecule has 1 aliphatic carbocycles. The number of Topliss-reactive ketones (excluding diaryl/α,β-unsaturated/α-hetero) is 1. The van der Waals surface area contributed by atoms with Gasteiger partial charge < -0.3 is 15.2 Å². The highest BCUT2D eigenvalue weighted by Gasteiger charge is 2.29. The molecule has 3 rings (SSSR count). The maximum Gasteiger partial charge on any atom is 0.407 e. The topological polar surface area (TPSA) is 131 Å². The third kappa shape index (κ3) is 4.56. The fraction of sp³-hybridized carbons (Fsp3) is 0.238. The molecule has 8 nitrogen and oxygen atoms in total. The molecule has 1 aliphatic rings. The van der Waals surface area contributed by atoms with Crippen molar-refractivity contribution in [2.45, 2.75) is 24.8 Å². The summed E-state index contributed by atoms with van der Waals surface area (Å²) in [4.78, 5) is 37.7. The lowest BCUT2D eigenvalue weighted by molar-refractivity contribution is -0.139. The number of ketones is 1. The van der Waals surface area contributed by atoms with Gasteiger partial charge in [0.05, 0.1) is 10.3 Å². The minimum atomic E-state index is -1.27. The third-order valence-corrected chi connectivity index (χ3v) is 4.82. The number of nitrogens with zero attached hydrogens (tertiary/aromatic N) is 1. The van der Waals surface area contributed by atoms with Crippen molar-refractivity contribution in [3.05, 3.63) is 59.7 Å². The van der Waals surface area contributed by atoms with Crippen molar-refractivity contribution in [2.75, 3.05) is 6.61 Å². The van der Waals surface area contributed by atoms with E-state index in [1.807, 2.05) is 48.5 Å². The summed E-state index contributed by atoms with van der Waals surface area (Å²) in [7, 11) is 0. The molecule has 148 valence electrons. The average molecular weight is 394 g/mol. The molecule has 2 aromatic rings. The van der Waals surface area contributed by atoms with Crippen LogP contribution in [0.15, 0.2) is 48.5 Å². The van der Waals surface area contributed by atoms with Crippen LogP contribution in [0.2, 0.25) is 0 Å². The van der Waals surface area contributed by atoms with E-state index >= 15 is 0 Å². The molecular formula is C21H20N3O5+. The van der Waals surface area contributed by atoms with E-state index in [2.05, 4.69) is 10.1 Å². The van der Waals surface area contributed by atoms with Gasteiger partial charge in [0.25, 0.3) is 0 Å². The van der Waals surface area contributed by atoms with Crippen molar-refractivity contribution in [1.29, 1.82) is 5.53 Å². The second-order valence-electron chi connectivity index (χ2n) is 6.62. The van der Waals surface area contributed by atoms with Crippen LogP contribution in [0.5, 0.6) is 0 Å². The van der Waals surface area contributed by atoms with Gasteiger partial charge in [-0.05, 0) is 28.7 Å². The van der Waals surface area contributed by atoms with Gasteiger partial charge in [0, 0.05) is 12.3 Å². The number of alkyl carbamates (subject to hydrolysis) is 1. The largest absolute Gasteiger partial charge is 0.480 e. The van der Waals surface area contributed by atoms with Crippen LogP contribution < -0.4 is 5.32 Å². The number of ether oxygens (including phenoxy) is 1. The van der Waals surface area contributed by atoms with Crippen molar-refractivity contribution < 1.29 is 29.0 Å². The molecular weight excluding hydrogens is 374 g/mol. The molecule has 0 bridgehead atoms. The number of amides is 1. The molecule has 1 atom stereocenters. The molecule has 0 saturated carbocycles. The summed E-state index contributed by atoms with van der Waals surface area (Å²) in [6.07, 6.45) is -0.333. The molecule has 0 radical (unpaired) electrons. The van der Waals surface area contributed by atoms with E-state index < -0.39 is 23.9 Å². The summed E-state index contributed by atoms with van der Waals surface area (Å²) < 4.78 is 5.32. The van der Waals surface area contributed by atoms with E-state index in [1.54, 1.807) is 0 Å². The molecule has 2 aromatic carbocycles. The minimum Gasteiger partial charge on any atom is -0.480 e. The van der Waals surface area contributed by atoms with Crippen molar-refractivity contribution in [3.63, 3.8) is 0 Å². The number of fused-ring (bicyclic) bond motifs is 3. The monoisotopic (exact) mass is 394 g/mol. The van der Waals surface area contributed by atoms with Crippen LogP contribution in [0.25, 0.3) is 11.1 Å². The first-order valence-electron chi connectivity index (χ1n) is 9.08. The molecule has 1 amide bonds. The smallest absolute Gasteiger partial charge is 0.407 e. The summed E-state index contributed by atoms with van der Waals surface area (Å²) in [5, 5.41) is 11.5. The van der Waals surface area contributed by atoms with Crippen molar-refractivity contribution in [3.8, 4) is 11.1 Å². The van der Waals surface area contributed by atoms with Crippen LogP contribution >= 0.6 is 0 Å². The quantitative estimate of drug-likeness (QED) is 0.360. The number of benzene rings is 2. The number of rotatable bonds is 8. The number of hydrogen-bond acceptors (Lipinski definition) is 5. The zero-order chi connectivity index (χ0) is 20.8. The van der Waals surface area contributed by atoms with Gasteiger partial charge in [0.1, 0.15) is 12.6 Å². The summed E-state index contributed by atoms with van der Waals surface area (Å²) in [5.74, 6) is -1.89. The zero-order valence-corrected chi connectivity index (χ0v) is 15.5. The number of nitrogens with one attached hydrogen (secondary N) is 2. The van der Waals surface area contributed by atoms with Gasteiger partial charge in [-0.3, -0.25) is 4.79 Å². The van der Waals surface area contributed by atoms with Crippen LogP contribution in [-0.2, 0) is 14.3 Å². The van der Waals surface area contributed by atoms with Gasteiger partial charge in [-0.15, -0.1) is 0 Å². The highest BCUT2D eigenvalue weighted by molar-refractivity contribution is 6.25. The van der Waals surface area contributed by atoms with E-state index in [0.29, 0.717) is 0 Å². The Morgan fingerprint density at radius 1 is 1.10 bits per heavy atom. The van der Waals surface area contributed by atoms with Crippen molar-refractivity contribution >= 4 is 24.1 Å². The molecule has 0 aromatic heterocycles. The molecule has 0 saturated heterocycles. The number of carboxylic acids is 1. The van der Waals surface area contributed by atoms with Crippen LogP contribution in [0.3, 0.4) is 0 Å². The Balaban J connectivity index is 1.63. The molecule has 8 heteroatoms. The predicted octanol–water partition coefficient (Wildman–Crippen LogP) is 2.64. The molecule has 29 heavy (non-hydrogen) atoms. The van der Waals surface area contributed by atoms with Gasteiger partial charge in [0.15, 0.2) is 0 Å². The molecule has 0 aliphatic heterocycles. The average Bonchev–Trinajstić information content (AvgIpc) is 3.03. The fourth-order valence-electron chi connectivity index (χ4n) is 3.46. The Hall–Kier alpha value is -3.77. The van der Waals surface area contributed by atoms with E-state index in [-0.39, 0.29) is 25.4 Å². The molecule has 0 fully saturated rings. The van der Waals surface area contributed by atoms with Crippen LogP contribution in [-0.4, -0.2) is 46.6 Å². The Morgan fingerprint density at radius 2 is 1.69 bits per heavy atom.